The van der Waals surface area contributed by atoms with Crippen LogP contribution in [0.4, 0.5) is 0 Å². The number of halogens is 1. The van der Waals surface area contributed by atoms with Gasteiger partial charge in [-0.1, -0.05) is 38.1 Å². The number of benzene rings is 1. The van der Waals surface area contributed by atoms with Gasteiger partial charge in [-0.2, -0.15) is 0 Å². The first-order valence-electron chi connectivity index (χ1n) is 8.53. The van der Waals surface area contributed by atoms with E-state index in [-0.39, 0.29) is 24.4 Å². The predicted molar refractivity (Wildman–Crippen MR) is 98.9 cm³/mol. The number of hydrogen-bond acceptors (Lipinski definition) is 2. The fourth-order valence-electron chi connectivity index (χ4n) is 3.15. The smallest absolute Gasteiger partial charge is 0.222 e. The topological polar surface area (TPSA) is 46.3 Å². The molecule has 2 N–H and O–H groups in total. The lowest BCUT2D eigenvalue weighted by molar-refractivity contribution is -0.131. The van der Waals surface area contributed by atoms with Crippen LogP contribution in [-0.2, 0) is 17.6 Å². The molecule has 1 aromatic rings. The Kier molecular flexibility index (Phi) is 8.07. The molecular weight excluding hydrogens is 308 g/mol. The zero-order valence-electron chi connectivity index (χ0n) is 14.6. The van der Waals surface area contributed by atoms with E-state index in [9.17, 15) is 4.79 Å². The number of rotatable bonds is 6. The van der Waals surface area contributed by atoms with Crippen LogP contribution in [0.2, 0.25) is 0 Å². The van der Waals surface area contributed by atoms with Crippen molar-refractivity contribution in [1.82, 2.24) is 4.90 Å². The summed E-state index contributed by atoms with van der Waals surface area (Å²) in [6.45, 7) is 5.03. The van der Waals surface area contributed by atoms with Gasteiger partial charge in [0.25, 0.3) is 0 Å². The molecule has 0 bridgehead atoms. The highest BCUT2D eigenvalue weighted by Gasteiger charge is 2.22. The summed E-state index contributed by atoms with van der Waals surface area (Å²) in [6, 6.07) is 8.81. The number of hydrogen-bond donors (Lipinski definition) is 1. The second-order valence-electron chi connectivity index (χ2n) is 7.09. The highest BCUT2D eigenvalue weighted by molar-refractivity contribution is 5.85. The minimum Gasteiger partial charge on any atom is -0.346 e. The molecule has 0 spiro atoms. The van der Waals surface area contributed by atoms with Crippen molar-refractivity contribution in [3.63, 3.8) is 0 Å². The molecule has 2 atom stereocenters. The zero-order chi connectivity index (χ0) is 16.1. The summed E-state index contributed by atoms with van der Waals surface area (Å²) in [5.41, 5.74) is 8.95. The third-order valence-electron chi connectivity index (χ3n) is 4.99. The van der Waals surface area contributed by atoms with Crippen LogP contribution < -0.4 is 5.73 Å². The van der Waals surface area contributed by atoms with Crippen LogP contribution in [0.3, 0.4) is 0 Å². The molecule has 0 heterocycles. The van der Waals surface area contributed by atoms with Crippen molar-refractivity contribution in [3.05, 3.63) is 35.4 Å². The van der Waals surface area contributed by atoms with Crippen LogP contribution in [-0.4, -0.2) is 30.4 Å². The summed E-state index contributed by atoms with van der Waals surface area (Å²) in [5.74, 6) is 1.22. The Bertz CT molecular complexity index is 504. The van der Waals surface area contributed by atoms with E-state index >= 15 is 0 Å². The summed E-state index contributed by atoms with van der Waals surface area (Å²) in [7, 11) is 1.91. The lowest BCUT2D eigenvalue weighted by atomic mass is 9.82. The zero-order valence-corrected chi connectivity index (χ0v) is 15.4. The Balaban J connectivity index is 0.00000264. The minimum absolute atomic E-state index is 0. The first kappa shape index (κ1) is 20.0. The van der Waals surface area contributed by atoms with E-state index in [0.717, 1.165) is 32.2 Å². The summed E-state index contributed by atoms with van der Waals surface area (Å²) in [6.07, 6.45) is 4.83. The molecule has 1 amide bonds. The van der Waals surface area contributed by atoms with Gasteiger partial charge in [-0.25, -0.2) is 0 Å². The van der Waals surface area contributed by atoms with Gasteiger partial charge in [-0.05, 0) is 48.6 Å². The summed E-state index contributed by atoms with van der Waals surface area (Å²) >= 11 is 0. The molecule has 0 saturated carbocycles. The van der Waals surface area contributed by atoms with Gasteiger partial charge in [-0.3, -0.25) is 4.79 Å². The number of carbonyl (C=O) groups is 1. The molecule has 0 aromatic heterocycles. The fourth-order valence-corrected chi connectivity index (χ4v) is 3.15. The van der Waals surface area contributed by atoms with E-state index in [1.807, 2.05) is 11.9 Å². The number of nitrogens with zero attached hydrogens (tertiary/aromatic N) is 1. The van der Waals surface area contributed by atoms with E-state index in [1.165, 1.54) is 11.1 Å². The Morgan fingerprint density at radius 2 is 1.96 bits per heavy atom. The van der Waals surface area contributed by atoms with Crippen LogP contribution in [0, 0.1) is 11.8 Å². The molecule has 3 nitrogen and oxygen atoms in total. The maximum absolute atomic E-state index is 12.4. The molecule has 0 aliphatic heterocycles. The third kappa shape index (κ3) is 5.82. The van der Waals surface area contributed by atoms with E-state index in [0.29, 0.717) is 18.3 Å². The number of nitrogens with two attached hydrogens (primary N) is 1. The largest absolute Gasteiger partial charge is 0.346 e. The second-order valence-corrected chi connectivity index (χ2v) is 7.09. The first-order chi connectivity index (χ1) is 10.5. The first-order valence-corrected chi connectivity index (χ1v) is 8.53. The van der Waals surface area contributed by atoms with Crippen molar-refractivity contribution >= 4 is 18.3 Å². The molecule has 0 saturated heterocycles. The Morgan fingerprint density at radius 1 is 1.30 bits per heavy atom. The lowest BCUT2D eigenvalue weighted by Crippen LogP contribution is -2.35. The minimum atomic E-state index is 0. The molecule has 130 valence electrons. The summed E-state index contributed by atoms with van der Waals surface area (Å²) in [4.78, 5) is 14.3. The van der Waals surface area contributed by atoms with Gasteiger partial charge in [-0.15, -0.1) is 12.4 Å². The van der Waals surface area contributed by atoms with E-state index in [4.69, 9.17) is 5.73 Å². The molecule has 1 aromatic carbocycles. The molecule has 0 radical (unpaired) electrons. The summed E-state index contributed by atoms with van der Waals surface area (Å²) in [5, 5.41) is 0. The molecular formula is C19H31ClN2O. The van der Waals surface area contributed by atoms with Crippen molar-refractivity contribution in [1.29, 1.82) is 0 Å². The molecule has 2 unspecified atom stereocenters. The van der Waals surface area contributed by atoms with Gasteiger partial charge in [0.1, 0.15) is 0 Å². The molecule has 23 heavy (non-hydrogen) atoms. The van der Waals surface area contributed by atoms with Gasteiger partial charge in [0.05, 0.1) is 0 Å². The molecule has 1 aliphatic carbocycles. The Hall–Kier alpha value is -1.06. The van der Waals surface area contributed by atoms with E-state index < -0.39 is 0 Å². The number of fused-ring (bicyclic) bond motifs is 1. The van der Waals surface area contributed by atoms with Crippen LogP contribution in [0.25, 0.3) is 0 Å². The Labute approximate surface area is 147 Å². The van der Waals surface area contributed by atoms with Crippen LogP contribution in [0.5, 0.6) is 0 Å². The van der Waals surface area contributed by atoms with Crippen LogP contribution in [0.1, 0.15) is 44.2 Å². The van der Waals surface area contributed by atoms with Crippen molar-refractivity contribution in [2.24, 2.45) is 17.6 Å². The van der Waals surface area contributed by atoms with Gasteiger partial charge in [0, 0.05) is 26.1 Å². The number of amides is 1. The third-order valence-corrected chi connectivity index (χ3v) is 4.99. The highest BCUT2D eigenvalue weighted by Crippen LogP contribution is 2.27. The monoisotopic (exact) mass is 338 g/mol. The maximum atomic E-state index is 12.4. The molecule has 2 rings (SSSR count). The highest BCUT2D eigenvalue weighted by atomic mass is 35.5. The predicted octanol–water partition coefficient (Wildman–Crippen LogP) is 3.44. The fraction of sp³-hybridized carbons (Fsp3) is 0.632. The van der Waals surface area contributed by atoms with Crippen molar-refractivity contribution in [3.8, 4) is 0 Å². The second kappa shape index (κ2) is 9.29. The van der Waals surface area contributed by atoms with E-state index in [2.05, 4.69) is 38.1 Å². The standard InChI is InChI=1S/C19H30N2O.ClH/c1-14(2)18(20)10-11-21(3)19(22)13-15-8-9-16-6-4-5-7-17(16)12-15;/h4-7,14-15,18H,8-13,20H2,1-3H3;1H. The van der Waals surface area contributed by atoms with Crippen LogP contribution >= 0.6 is 12.4 Å². The van der Waals surface area contributed by atoms with Gasteiger partial charge in [0.2, 0.25) is 5.91 Å². The Morgan fingerprint density at radius 3 is 2.61 bits per heavy atom. The molecule has 1 aliphatic rings. The summed E-state index contributed by atoms with van der Waals surface area (Å²) < 4.78 is 0. The lowest BCUT2D eigenvalue weighted by Gasteiger charge is -2.27. The van der Waals surface area contributed by atoms with Crippen molar-refractivity contribution in [2.75, 3.05) is 13.6 Å². The average molecular weight is 339 g/mol. The van der Waals surface area contributed by atoms with Gasteiger partial charge < -0.3 is 10.6 Å². The SMILES string of the molecule is CC(C)C(N)CCN(C)C(=O)CC1CCc2ccccc2C1.Cl. The van der Waals surface area contributed by atoms with Crippen molar-refractivity contribution < 1.29 is 4.79 Å². The van der Waals surface area contributed by atoms with Gasteiger partial charge >= 0.3 is 0 Å². The maximum Gasteiger partial charge on any atom is 0.222 e. The molecule has 4 heteroatoms. The average Bonchev–Trinajstić information content (AvgIpc) is 2.51. The number of carbonyl (C=O) groups excluding carboxylic acids is 1. The van der Waals surface area contributed by atoms with E-state index in [1.54, 1.807) is 0 Å². The number of aryl methyl sites for hydroxylation is 1. The van der Waals surface area contributed by atoms with Crippen molar-refractivity contribution in [2.45, 2.75) is 52.0 Å². The normalized spacial score (nSPS) is 18.0. The van der Waals surface area contributed by atoms with Gasteiger partial charge in [0.15, 0.2) is 0 Å². The molecule has 0 fully saturated rings. The quantitative estimate of drug-likeness (QED) is 0.863. The van der Waals surface area contributed by atoms with Crippen LogP contribution in [0.15, 0.2) is 24.3 Å².